The Morgan fingerprint density at radius 1 is 1.25 bits per heavy atom. The molecule has 0 fully saturated rings. The minimum Gasteiger partial charge on any atom is -0.389 e. The molecule has 0 spiro atoms. The molecule has 104 valence electrons. The van der Waals surface area contributed by atoms with Crippen LogP contribution in [0.5, 0.6) is 0 Å². The van der Waals surface area contributed by atoms with Crippen LogP contribution in [0, 0.1) is 6.92 Å². The van der Waals surface area contributed by atoms with Gasteiger partial charge in [0, 0.05) is 25.4 Å². The number of hydrogen-bond acceptors (Lipinski definition) is 4. The highest BCUT2D eigenvalue weighted by molar-refractivity contribution is 7.80. The van der Waals surface area contributed by atoms with Crippen molar-refractivity contribution in [1.82, 2.24) is 4.98 Å². The van der Waals surface area contributed by atoms with Gasteiger partial charge in [-0.25, -0.2) is 4.98 Å². The summed E-state index contributed by atoms with van der Waals surface area (Å²) in [5, 5.41) is 3.32. The average Bonchev–Trinajstić information content (AvgIpc) is 2.38. The lowest BCUT2D eigenvalue weighted by Crippen LogP contribution is -2.12. The molecule has 0 aliphatic rings. The summed E-state index contributed by atoms with van der Waals surface area (Å²) in [6.07, 6.45) is 0. The van der Waals surface area contributed by atoms with Crippen LogP contribution in [0.4, 0.5) is 17.2 Å². The molecule has 0 radical (unpaired) electrons. The quantitative estimate of drug-likeness (QED) is 0.847. The SMILES string of the molecule is Cc1cc(C(N)=S)cc(Nc2ccccc2N(C)C)n1. The van der Waals surface area contributed by atoms with E-state index in [9.17, 15) is 0 Å². The zero-order chi connectivity index (χ0) is 14.7. The van der Waals surface area contributed by atoms with E-state index in [-0.39, 0.29) is 0 Å². The van der Waals surface area contributed by atoms with E-state index in [2.05, 4.69) is 10.3 Å². The molecular weight excluding hydrogens is 268 g/mol. The summed E-state index contributed by atoms with van der Waals surface area (Å²) in [6, 6.07) is 11.8. The highest BCUT2D eigenvalue weighted by Gasteiger charge is 2.07. The average molecular weight is 286 g/mol. The summed E-state index contributed by atoms with van der Waals surface area (Å²) in [6.45, 7) is 1.92. The number of nitrogens with two attached hydrogens (primary N) is 1. The smallest absolute Gasteiger partial charge is 0.131 e. The van der Waals surface area contributed by atoms with Gasteiger partial charge in [0.15, 0.2) is 0 Å². The predicted octanol–water partition coefficient (Wildman–Crippen LogP) is 2.83. The van der Waals surface area contributed by atoms with Gasteiger partial charge in [-0.05, 0) is 31.2 Å². The molecule has 5 heteroatoms. The van der Waals surface area contributed by atoms with Crippen LogP contribution >= 0.6 is 12.2 Å². The third-order valence-electron chi connectivity index (χ3n) is 2.89. The Kier molecular flexibility index (Phi) is 4.20. The van der Waals surface area contributed by atoms with Gasteiger partial charge in [-0.1, -0.05) is 24.4 Å². The standard InChI is InChI=1S/C15H18N4S/c1-10-8-11(15(16)20)9-14(17-10)18-12-6-4-5-7-13(12)19(2)3/h4-9H,1-3H3,(H2,16,20)(H,17,18). The van der Waals surface area contributed by atoms with Crippen molar-refractivity contribution in [2.24, 2.45) is 5.73 Å². The Labute approximate surface area is 124 Å². The van der Waals surface area contributed by atoms with Gasteiger partial charge in [-0.15, -0.1) is 0 Å². The number of aromatic nitrogens is 1. The van der Waals surface area contributed by atoms with Gasteiger partial charge >= 0.3 is 0 Å². The van der Waals surface area contributed by atoms with Gasteiger partial charge < -0.3 is 16.0 Å². The van der Waals surface area contributed by atoms with Gasteiger partial charge in [0.25, 0.3) is 0 Å². The largest absolute Gasteiger partial charge is 0.389 e. The second-order valence-corrected chi connectivity index (χ2v) is 5.22. The number of nitrogens with zero attached hydrogens (tertiary/aromatic N) is 2. The molecule has 0 atom stereocenters. The lowest BCUT2D eigenvalue weighted by atomic mass is 10.2. The van der Waals surface area contributed by atoms with Crippen molar-refractivity contribution in [2.45, 2.75) is 6.92 Å². The Hall–Kier alpha value is -2.14. The zero-order valence-electron chi connectivity index (χ0n) is 11.8. The van der Waals surface area contributed by atoms with E-state index in [4.69, 9.17) is 18.0 Å². The molecule has 1 aromatic carbocycles. The summed E-state index contributed by atoms with van der Waals surface area (Å²) in [4.78, 5) is 6.89. The van der Waals surface area contributed by atoms with Gasteiger partial charge in [0.2, 0.25) is 0 Å². The van der Waals surface area contributed by atoms with Crippen molar-refractivity contribution >= 4 is 34.4 Å². The molecule has 0 saturated carbocycles. The lowest BCUT2D eigenvalue weighted by molar-refractivity contribution is 1.13. The normalized spacial score (nSPS) is 10.2. The molecule has 0 aliphatic carbocycles. The van der Waals surface area contributed by atoms with Crippen LogP contribution in [0.15, 0.2) is 36.4 Å². The molecule has 0 unspecified atom stereocenters. The molecular formula is C15H18N4S. The molecule has 20 heavy (non-hydrogen) atoms. The van der Waals surface area contributed by atoms with Crippen molar-refractivity contribution in [3.63, 3.8) is 0 Å². The third-order valence-corrected chi connectivity index (χ3v) is 3.12. The van der Waals surface area contributed by atoms with Crippen LogP contribution < -0.4 is 16.0 Å². The molecule has 2 rings (SSSR count). The van der Waals surface area contributed by atoms with Crippen LogP contribution in [0.3, 0.4) is 0 Å². The zero-order valence-corrected chi connectivity index (χ0v) is 12.7. The van der Waals surface area contributed by atoms with Crippen LogP contribution in [-0.4, -0.2) is 24.1 Å². The Bertz CT molecular complexity index is 638. The van der Waals surface area contributed by atoms with Gasteiger partial charge in [-0.2, -0.15) is 0 Å². The molecule has 2 aromatic rings. The minimum absolute atomic E-state index is 0.374. The van der Waals surface area contributed by atoms with E-state index in [1.54, 1.807) is 0 Å². The minimum atomic E-state index is 0.374. The number of nitrogens with one attached hydrogen (secondary N) is 1. The number of rotatable bonds is 4. The molecule has 1 aromatic heterocycles. The molecule has 4 nitrogen and oxygen atoms in total. The van der Waals surface area contributed by atoms with Crippen LogP contribution in [0.25, 0.3) is 0 Å². The summed E-state index contributed by atoms with van der Waals surface area (Å²) in [5.41, 5.74) is 9.46. The van der Waals surface area contributed by atoms with Crippen molar-refractivity contribution in [1.29, 1.82) is 0 Å². The number of thiocarbonyl (C=S) groups is 1. The predicted molar refractivity (Wildman–Crippen MR) is 88.9 cm³/mol. The first-order chi connectivity index (χ1) is 9.47. The molecule has 0 saturated heterocycles. The fourth-order valence-corrected chi connectivity index (χ4v) is 2.10. The molecule has 0 amide bonds. The second kappa shape index (κ2) is 5.88. The van der Waals surface area contributed by atoms with Crippen LogP contribution in [0.1, 0.15) is 11.3 Å². The van der Waals surface area contributed by atoms with E-state index in [1.165, 1.54) is 0 Å². The maximum absolute atomic E-state index is 5.69. The summed E-state index contributed by atoms with van der Waals surface area (Å²) in [5.74, 6) is 0.738. The van der Waals surface area contributed by atoms with E-state index in [1.807, 2.05) is 62.3 Å². The van der Waals surface area contributed by atoms with Gasteiger partial charge in [-0.3, -0.25) is 0 Å². The number of benzene rings is 1. The second-order valence-electron chi connectivity index (χ2n) is 4.78. The first-order valence-electron chi connectivity index (χ1n) is 6.29. The first-order valence-corrected chi connectivity index (χ1v) is 6.70. The number of pyridine rings is 1. The Morgan fingerprint density at radius 2 is 1.95 bits per heavy atom. The van der Waals surface area contributed by atoms with Crippen LogP contribution in [-0.2, 0) is 0 Å². The van der Waals surface area contributed by atoms with Crippen molar-refractivity contribution < 1.29 is 0 Å². The number of para-hydroxylation sites is 2. The molecule has 1 heterocycles. The molecule has 3 N–H and O–H groups in total. The fraction of sp³-hybridized carbons (Fsp3) is 0.200. The van der Waals surface area contributed by atoms with E-state index < -0.39 is 0 Å². The summed E-state index contributed by atoms with van der Waals surface area (Å²) < 4.78 is 0. The monoisotopic (exact) mass is 286 g/mol. The van der Waals surface area contributed by atoms with Gasteiger partial charge in [0.05, 0.1) is 11.4 Å². The summed E-state index contributed by atoms with van der Waals surface area (Å²) >= 11 is 5.03. The van der Waals surface area contributed by atoms with Crippen molar-refractivity contribution in [3.8, 4) is 0 Å². The van der Waals surface area contributed by atoms with E-state index >= 15 is 0 Å². The third kappa shape index (κ3) is 3.24. The number of anilines is 3. The molecule has 0 aliphatic heterocycles. The highest BCUT2D eigenvalue weighted by atomic mass is 32.1. The van der Waals surface area contributed by atoms with Crippen LogP contribution in [0.2, 0.25) is 0 Å². The van der Waals surface area contributed by atoms with Crippen molar-refractivity contribution in [2.75, 3.05) is 24.3 Å². The summed E-state index contributed by atoms with van der Waals surface area (Å²) in [7, 11) is 4.01. The maximum atomic E-state index is 5.69. The lowest BCUT2D eigenvalue weighted by Gasteiger charge is -2.18. The highest BCUT2D eigenvalue weighted by Crippen LogP contribution is 2.26. The topological polar surface area (TPSA) is 54.2 Å². The number of hydrogen-bond donors (Lipinski definition) is 2. The van der Waals surface area contributed by atoms with Gasteiger partial charge in [0.1, 0.15) is 10.8 Å². The Balaban J connectivity index is 2.37. The number of aryl methyl sites for hydroxylation is 1. The molecule has 0 bridgehead atoms. The maximum Gasteiger partial charge on any atom is 0.131 e. The fourth-order valence-electron chi connectivity index (χ4n) is 1.98. The van der Waals surface area contributed by atoms with E-state index in [0.717, 1.165) is 28.5 Å². The Morgan fingerprint density at radius 3 is 2.60 bits per heavy atom. The van der Waals surface area contributed by atoms with Crippen molar-refractivity contribution in [3.05, 3.63) is 47.7 Å². The first kappa shape index (κ1) is 14.3. The van der Waals surface area contributed by atoms with E-state index in [0.29, 0.717) is 4.99 Å².